The van der Waals surface area contributed by atoms with Gasteiger partial charge in [-0.1, -0.05) is 78.9 Å². The molecule has 0 aliphatic carbocycles. The van der Waals surface area contributed by atoms with E-state index in [-0.39, 0.29) is 0 Å². The van der Waals surface area contributed by atoms with Gasteiger partial charge in [0.15, 0.2) is 0 Å². The van der Waals surface area contributed by atoms with Crippen molar-refractivity contribution in [1.82, 2.24) is 0 Å². The van der Waals surface area contributed by atoms with Crippen LogP contribution in [0.5, 0.6) is 0 Å². The van der Waals surface area contributed by atoms with Gasteiger partial charge in [-0.2, -0.15) is 0 Å². The highest BCUT2D eigenvalue weighted by Crippen LogP contribution is 2.33. The van der Waals surface area contributed by atoms with E-state index in [4.69, 9.17) is 10.8 Å². The molecule has 3 heteroatoms. The predicted octanol–water partition coefficient (Wildman–Crippen LogP) is 3.98. The minimum absolute atomic E-state index is 0.310. The molecule has 120 valence electrons. The van der Waals surface area contributed by atoms with Crippen LogP contribution in [0.25, 0.3) is 22.3 Å². The molecule has 0 saturated carbocycles. The second-order valence-corrected chi connectivity index (χ2v) is 5.76. The largest absolute Gasteiger partial charge is 0.480 e. The fourth-order valence-electron chi connectivity index (χ4n) is 2.79. The summed E-state index contributed by atoms with van der Waals surface area (Å²) in [6.45, 7) is 0. The Morgan fingerprint density at radius 1 is 0.833 bits per heavy atom. The number of nitrogens with two attached hydrogens (primary N) is 1. The molecule has 3 nitrogen and oxygen atoms in total. The van der Waals surface area contributed by atoms with Crippen molar-refractivity contribution in [2.24, 2.45) is 5.73 Å². The van der Waals surface area contributed by atoms with Crippen LogP contribution in [0.3, 0.4) is 0 Å². The Hall–Kier alpha value is -2.91. The second kappa shape index (κ2) is 7.11. The Labute approximate surface area is 141 Å². The van der Waals surface area contributed by atoms with Crippen molar-refractivity contribution >= 4 is 5.97 Å². The highest BCUT2D eigenvalue weighted by molar-refractivity contribution is 5.84. The summed E-state index contributed by atoms with van der Waals surface area (Å²) >= 11 is 0. The number of hydrogen-bond donors (Lipinski definition) is 2. The van der Waals surface area contributed by atoms with Crippen LogP contribution in [0.1, 0.15) is 5.56 Å². The lowest BCUT2D eigenvalue weighted by atomic mass is 9.91. The Balaban J connectivity index is 2.08. The summed E-state index contributed by atoms with van der Waals surface area (Å²) in [5.74, 6) is -0.983. The van der Waals surface area contributed by atoms with Crippen LogP contribution >= 0.6 is 0 Å². The van der Waals surface area contributed by atoms with Crippen LogP contribution < -0.4 is 5.73 Å². The van der Waals surface area contributed by atoms with Gasteiger partial charge in [0.2, 0.25) is 0 Å². The highest BCUT2D eigenvalue weighted by atomic mass is 16.4. The third-order valence-electron chi connectivity index (χ3n) is 4.03. The monoisotopic (exact) mass is 317 g/mol. The SMILES string of the molecule is N[C@@H](Cc1ccc(-c2ccccc2)c(-c2ccccc2)c1)C(=O)O. The second-order valence-electron chi connectivity index (χ2n) is 5.76. The number of rotatable bonds is 5. The summed E-state index contributed by atoms with van der Waals surface area (Å²) in [4.78, 5) is 11.0. The molecule has 3 N–H and O–H groups in total. The zero-order chi connectivity index (χ0) is 16.9. The number of carbonyl (C=O) groups is 1. The van der Waals surface area contributed by atoms with Crippen molar-refractivity contribution in [1.29, 1.82) is 0 Å². The fraction of sp³-hybridized carbons (Fsp3) is 0.0952. The van der Waals surface area contributed by atoms with Crippen molar-refractivity contribution in [3.63, 3.8) is 0 Å². The highest BCUT2D eigenvalue weighted by Gasteiger charge is 2.14. The van der Waals surface area contributed by atoms with E-state index < -0.39 is 12.0 Å². The molecule has 24 heavy (non-hydrogen) atoms. The van der Waals surface area contributed by atoms with Crippen molar-refractivity contribution < 1.29 is 9.90 Å². The first kappa shape index (κ1) is 16.0. The van der Waals surface area contributed by atoms with Crippen LogP contribution in [0.15, 0.2) is 78.9 Å². The van der Waals surface area contributed by atoms with E-state index in [1.165, 1.54) is 0 Å². The molecule has 0 heterocycles. The zero-order valence-electron chi connectivity index (χ0n) is 13.2. The molecule has 0 aromatic heterocycles. The van der Waals surface area contributed by atoms with Gasteiger partial charge in [-0.3, -0.25) is 4.79 Å². The molecule has 0 bridgehead atoms. The van der Waals surface area contributed by atoms with E-state index in [0.717, 1.165) is 27.8 Å². The van der Waals surface area contributed by atoms with E-state index in [1.807, 2.05) is 54.6 Å². The molecule has 0 spiro atoms. The van der Waals surface area contributed by atoms with Crippen molar-refractivity contribution in [3.8, 4) is 22.3 Å². The van der Waals surface area contributed by atoms with Gasteiger partial charge in [0.05, 0.1) is 0 Å². The van der Waals surface area contributed by atoms with Gasteiger partial charge in [0.1, 0.15) is 6.04 Å². The molecule has 3 aromatic rings. The third-order valence-corrected chi connectivity index (χ3v) is 4.03. The standard InChI is InChI=1S/C21H19NO2/c22-20(21(23)24)14-15-11-12-18(16-7-3-1-4-8-16)19(13-15)17-9-5-2-6-10-17/h1-13,20H,14,22H2,(H,23,24)/t20-/m0/s1. The molecule has 0 unspecified atom stereocenters. The Kier molecular flexibility index (Phi) is 4.73. The molecule has 0 radical (unpaired) electrons. The number of carboxylic acid groups (broad SMARTS) is 1. The summed E-state index contributed by atoms with van der Waals surface area (Å²) < 4.78 is 0. The maximum absolute atomic E-state index is 11.0. The average Bonchev–Trinajstić information content (AvgIpc) is 2.63. The van der Waals surface area contributed by atoms with Crippen LogP contribution in [-0.4, -0.2) is 17.1 Å². The van der Waals surface area contributed by atoms with E-state index in [2.05, 4.69) is 24.3 Å². The first-order valence-electron chi connectivity index (χ1n) is 7.87. The van der Waals surface area contributed by atoms with Crippen LogP contribution in [0.2, 0.25) is 0 Å². The Morgan fingerprint density at radius 3 is 1.92 bits per heavy atom. The predicted molar refractivity (Wildman–Crippen MR) is 96.6 cm³/mol. The molecule has 0 aliphatic rings. The molecule has 3 aromatic carbocycles. The number of benzene rings is 3. The zero-order valence-corrected chi connectivity index (χ0v) is 13.2. The maximum atomic E-state index is 11.0. The maximum Gasteiger partial charge on any atom is 0.320 e. The van der Waals surface area contributed by atoms with Gasteiger partial charge >= 0.3 is 5.97 Å². The topological polar surface area (TPSA) is 63.3 Å². The molecular weight excluding hydrogens is 298 g/mol. The van der Waals surface area contributed by atoms with Crippen LogP contribution in [0.4, 0.5) is 0 Å². The summed E-state index contributed by atoms with van der Waals surface area (Å²) in [5, 5.41) is 9.04. The lowest BCUT2D eigenvalue weighted by Gasteiger charge is -2.14. The van der Waals surface area contributed by atoms with Crippen molar-refractivity contribution in [2.45, 2.75) is 12.5 Å². The molecule has 0 aliphatic heterocycles. The molecule has 0 saturated heterocycles. The smallest absolute Gasteiger partial charge is 0.320 e. The summed E-state index contributed by atoms with van der Waals surface area (Å²) in [7, 11) is 0. The van der Waals surface area contributed by atoms with Gasteiger partial charge in [-0.25, -0.2) is 0 Å². The van der Waals surface area contributed by atoms with Crippen molar-refractivity contribution in [3.05, 3.63) is 84.4 Å². The number of carboxylic acids is 1. The summed E-state index contributed by atoms with van der Waals surface area (Å²) in [5.41, 5.74) is 11.0. The lowest BCUT2D eigenvalue weighted by molar-refractivity contribution is -0.138. The summed E-state index contributed by atoms with van der Waals surface area (Å²) in [6, 6.07) is 25.4. The van der Waals surface area contributed by atoms with Crippen LogP contribution in [0, 0.1) is 0 Å². The van der Waals surface area contributed by atoms with Crippen LogP contribution in [-0.2, 0) is 11.2 Å². The minimum atomic E-state index is -0.983. The van der Waals surface area contributed by atoms with Gasteiger partial charge in [0, 0.05) is 0 Å². The van der Waals surface area contributed by atoms with E-state index in [9.17, 15) is 4.79 Å². The fourth-order valence-corrected chi connectivity index (χ4v) is 2.79. The molecule has 3 rings (SSSR count). The van der Waals surface area contributed by atoms with E-state index in [0.29, 0.717) is 6.42 Å². The molecule has 0 amide bonds. The third kappa shape index (κ3) is 3.53. The molecular formula is C21H19NO2. The average molecular weight is 317 g/mol. The first-order chi connectivity index (χ1) is 11.6. The number of hydrogen-bond acceptors (Lipinski definition) is 2. The van der Waals surface area contributed by atoms with Gasteiger partial charge in [-0.15, -0.1) is 0 Å². The van der Waals surface area contributed by atoms with E-state index >= 15 is 0 Å². The van der Waals surface area contributed by atoms with Gasteiger partial charge in [-0.05, 0) is 34.2 Å². The van der Waals surface area contributed by atoms with Crippen molar-refractivity contribution in [2.75, 3.05) is 0 Å². The normalized spacial score (nSPS) is 11.9. The molecule has 0 fully saturated rings. The Morgan fingerprint density at radius 2 is 1.38 bits per heavy atom. The first-order valence-corrected chi connectivity index (χ1v) is 7.87. The quantitative estimate of drug-likeness (QED) is 0.748. The van der Waals surface area contributed by atoms with Gasteiger partial charge in [0.25, 0.3) is 0 Å². The lowest BCUT2D eigenvalue weighted by Crippen LogP contribution is -2.32. The minimum Gasteiger partial charge on any atom is -0.480 e. The Bertz CT molecular complexity index is 829. The van der Waals surface area contributed by atoms with E-state index in [1.54, 1.807) is 0 Å². The number of aliphatic carboxylic acids is 1. The molecule has 1 atom stereocenters. The van der Waals surface area contributed by atoms with Gasteiger partial charge < -0.3 is 10.8 Å². The summed E-state index contributed by atoms with van der Waals surface area (Å²) in [6.07, 6.45) is 0.310.